The number of hydrogen-bond acceptors (Lipinski definition) is 6. The van der Waals surface area contributed by atoms with Crippen molar-refractivity contribution in [2.24, 2.45) is 5.92 Å². The van der Waals surface area contributed by atoms with Gasteiger partial charge in [0, 0.05) is 20.1 Å². The number of carbonyl (C=O) groups excluding carboxylic acids is 2. The Morgan fingerprint density at radius 3 is 2.24 bits per heavy atom. The summed E-state index contributed by atoms with van der Waals surface area (Å²) in [6.07, 6.45) is 2.18. The van der Waals surface area contributed by atoms with E-state index in [-0.39, 0.29) is 17.8 Å². The van der Waals surface area contributed by atoms with Crippen LogP contribution in [0.25, 0.3) is 0 Å². The van der Waals surface area contributed by atoms with Gasteiger partial charge in [-0.1, -0.05) is 6.92 Å². The molecule has 1 atom stereocenters. The number of amides is 1. The first-order valence-electron chi connectivity index (χ1n) is 9.83. The zero-order valence-electron chi connectivity index (χ0n) is 17.5. The molecule has 9 heteroatoms. The molecule has 1 aliphatic heterocycles. The van der Waals surface area contributed by atoms with Crippen molar-refractivity contribution in [3.8, 4) is 5.75 Å². The summed E-state index contributed by atoms with van der Waals surface area (Å²) in [4.78, 5) is 26.4. The quantitative estimate of drug-likeness (QED) is 0.591. The molecule has 0 saturated carbocycles. The molecule has 1 aliphatic rings. The number of sulfonamides is 1. The highest BCUT2D eigenvalue weighted by Gasteiger charge is 2.31. The maximum absolute atomic E-state index is 12.8. The summed E-state index contributed by atoms with van der Waals surface area (Å²) in [6, 6.07) is 6.58. The molecule has 0 radical (unpaired) electrons. The lowest BCUT2D eigenvalue weighted by Crippen LogP contribution is -2.46. The maximum Gasteiger partial charge on any atom is 0.309 e. The van der Waals surface area contributed by atoms with Crippen LogP contribution in [-0.4, -0.2) is 64.3 Å². The smallest absolute Gasteiger partial charge is 0.309 e. The number of nitrogens with zero attached hydrogens (tertiary/aromatic N) is 2. The summed E-state index contributed by atoms with van der Waals surface area (Å²) in [6.45, 7) is 5.02. The van der Waals surface area contributed by atoms with Crippen LogP contribution in [0.4, 0.5) is 5.69 Å². The van der Waals surface area contributed by atoms with Crippen LogP contribution in [-0.2, 0) is 24.3 Å². The van der Waals surface area contributed by atoms with Crippen molar-refractivity contribution in [3.05, 3.63) is 24.3 Å². The summed E-state index contributed by atoms with van der Waals surface area (Å²) in [7, 11) is -1.86. The van der Waals surface area contributed by atoms with Crippen LogP contribution < -0.4 is 9.04 Å². The van der Waals surface area contributed by atoms with Crippen molar-refractivity contribution in [2.75, 3.05) is 37.3 Å². The highest BCUT2D eigenvalue weighted by atomic mass is 32.2. The fraction of sp³-hybridized carbons (Fsp3) is 0.600. The minimum Gasteiger partial charge on any atom is -0.481 e. The summed E-state index contributed by atoms with van der Waals surface area (Å²) in [5.41, 5.74) is 0.514. The Balaban J connectivity index is 1.96. The molecule has 0 spiro atoms. The van der Waals surface area contributed by atoms with Crippen LogP contribution in [0.5, 0.6) is 5.75 Å². The predicted molar refractivity (Wildman–Crippen MR) is 110 cm³/mol. The molecular formula is C20H30N2O6S. The number of esters is 1. The number of anilines is 1. The Morgan fingerprint density at radius 2 is 1.76 bits per heavy atom. The van der Waals surface area contributed by atoms with Gasteiger partial charge in [0.15, 0.2) is 6.10 Å². The molecule has 0 aliphatic carbocycles. The van der Waals surface area contributed by atoms with E-state index < -0.39 is 16.1 Å². The molecule has 0 bridgehead atoms. The molecule has 2 rings (SSSR count). The SMILES string of the molecule is CCOC(=O)C1CCN(C(=O)[C@@H](CC)Oc2ccc(N(C)S(C)(=O)=O)cc2)CC1. The molecule has 29 heavy (non-hydrogen) atoms. The van der Waals surface area contributed by atoms with Gasteiger partial charge in [0.25, 0.3) is 5.91 Å². The lowest BCUT2D eigenvalue weighted by Gasteiger charge is -2.33. The predicted octanol–water partition coefficient (Wildman–Crippen LogP) is 2.04. The molecule has 1 heterocycles. The van der Waals surface area contributed by atoms with Gasteiger partial charge in [-0.3, -0.25) is 13.9 Å². The molecule has 0 aromatic heterocycles. The number of ether oxygens (including phenoxy) is 2. The van der Waals surface area contributed by atoms with Crippen LogP contribution in [0.1, 0.15) is 33.1 Å². The number of rotatable bonds is 8. The Morgan fingerprint density at radius 1 is 1.17 bits per heavy atom. The van der Waals surface area contributed by atoms with Crippen LogP contribution in [0.3, 0.4) is 0 Å². The summed E-state index contributed by atoms with van der Waals surface area (Å²) >= 11 is 0. The van der Waals surface area contributed by atoms with Gasteiger partial charge in [-0.05, 0) is 50.5 Å². The van der Waals surface area contributed by atoms with E-state index in [1.807, 2.05) is 6.92 Å². The largest absolute Gasteiger partial charge is 0.481 e. The first-order chi connectivity index (χ1) is 13.7. The minimum absolute atomic E-state index is 0.105. The van der Waals surface area contributed by atoms with Gasteiger partial charge in [0.2, 0.25) is 10.0 Å². The van der Waals surface area contributed by atoms with E-state index in [2.05, 4.69) is 0 Å². The van der Waals surface area contributed by atoms with Crippen molar-refractivity contribution in [1.29, 1.82) is 0 Å². The third-order valence-corrected chi connectivity index (χ3v) is 6.25. The summed E-state index contributed by atoms with van der Waals surface area (Å²) in [5, 5.41) is 0. The van der Waals surface area contributed by atoms with Crippen molar-refractivity contribution < 1.29 is 27.5 Å². The van der Waals surface area contributed by atoms with Gasteiger partial charge in [-0.15, -0.1) is 0 Å². The molecular weight excluding hydrogens is 396 g/mol. The van der Waals surface area contributed by atoms with Crippen LogP contribution in [0.15, 0.2) is 24.3 Å². The Kier molecular flexibility index (Phi) is 7.89. The van der Waals surface area contributed by atoms with E-state index in [0.717, 1.165) is 6.26 Å². The minimum atomic E-state index is -3.34. The second-order valence-electron chi connectivity index (χ2n) is 7.09. The van der Waals surface area contributed by atoms with E-state index in [1.54, 1.807) is 36.1 Å². The van der Waals surface area contributed by atoms with Crippen LogP contribution in [0.2, 0.25) is 0 Å². The lowest BCUT2D eigenvalue weighted by molar-refractivity contribution is -0.152. The zero-order chi connectivity index (χ0) is 21.6. The van der Waals surface area contributed by atoms with E-state index in [0.29, 0.717) is 50.4 Å². The maximum atomic E-state index is 12.8. The van der Waals surface area contributed by atoms with Gasteiger partial charge < -0.3 is 14.4 Å². The first-order valence-corrected chi connectivity index (χ1v) is 11.7. The van der Waals surface area contributed by atoms with Gasteiger partial charge in [-0.2, -0.15) is 0 Å². The average molecular weight is 427 g/mol. The first kappa shape index (κ1) is 23.0. The number of carbonyl (C=O) groups is 2. The Labute approximate surface area is 172 Å². The summed E-state index contributed by atoms with van der Waals surface area (Å²) in [5.74, 6) is 0.0471. The summed E-state index contributed by atoms with van der Waals surface area (Å²) < 4.78 is 35.3. The second-order valence-corrected chi connectivity index (χ2v) is 9.10. The van der Waals surface area contributed by atoms with Gasteiger partial charge in [-0.25, -0.2) is 8.42 Å². The highest BCUT2D eigenvalue weighted by Crippen LogP contribution is 2.24. The monoisotopic (exact) mass is 426 g/mol. The third-order valence-electron chi connectivity index (χ3n) is 5.05. The second kappa shape index (κ2) is 9.96. The van der Waals surface area contributed by atoms with Crippen LogP contribution >= 0.6 is 0 Å². The fourth-order valence-corrected chi connectivity index (χ4v) is 3.70. The number of hydrogen-bond donors (Lipinski definition) is 0. The number of likely N-dealkylation sites (tertiary alicyclic amines) is 1. The molecule has 1 aromatic rings. The highest BCUT2D eigenvalue weighted by molar-refractivity contribution is 7.92. The van der Waals surface area contributed by atoms with Gasteiger partial charge in [0.1, 0.15) is 5.75 Å². The van der Waals surface area contributed by atoms with Crippen molar-refractivity contribution in [2.45, 2.75) is 39.2 Å². The molecule has 1 saturated heterocycles. The molecule has 1 fully saturated rings. The van der Waals surface area contributed by atoms with Gasteiger partial charge in [0.05, 0.1) is 24.5 Å². The normalized spacial score (nSPS) is 16.2. The van der Waals surface area contributed by atoms with Crippen molar-refractivity contribution in [3.63, 3.8) is 0 Å². The van der Waals surface area contributed by atoms with E-state index in [9.17, 15) is 18.0 Å². The fourth-order valence-electron chi connectivity index (χ4n) is 3.20. The van der Waals surface area contributed by atoms with Crippen molar-refractivity contribution >= 4 is 27.6 Å². The van der Waals surface area contributed by atoms with E-state index in [1.165, 1.54) is 11.4 Å². The Hall–Kier alpha value is -2.29. The Bertz CT molecular complexity index is 801. The average Bonchev–Trinajstić information content (AvgIpc) is 2.71. The molecule has 1 aromatic carbocycles. The molecule has 8 nitrogen and oxygen atoms in total. The van der Waals surface area contributed by atoms with Crippen LogP contribution in [0, 0.1) is 5.92 Å². The molecule has 0 unspecified atom stereocenters. The van der Waals surface area contributed by atoms with E-state index in [4.69, 9.17) is 9.47 Å². The number of piperidine rings is 1. The molecule has 0 N–H and O–H groups in total. The number of benzene rings is 1. The van der Waals surface area contributed by atoms with Crippen molar-refractivity contribution in [1.82, 2.24) is 4.90 Å². The molecule has 162 valence electrons. The molecule has 1 amide bonds. The zero-order valence-corrected chi connectivity index (χ0v) is 18.3. The third kappa shape index (κ3) is 6.09. The topological polar surface area (TPSA) is 93.2 Å². The lowest BCUT2D eigenvalue weighted by atomic mass is 9.96. The standard InChI is InChI=1S/C20H30N2O6S/c1-5-18(19(23)22-13-11-15(12-14-22)20(24)27-6-2)28-17-9-7-16(8-10-17)21(3)29(4,25)26/h7-10,15,18H,5-6,11-14H2,1-4H3/t18-/m1/s1. The van der Waals surface area contributed by atoms with E-state index >= 15 is 0 Å². The van der Waals surface area contributed by atoms with Gasteiger partial charge >= 0.3 is 5.97 Å².